The van der Waals surface area contributed by atoms with Crippen molar-refractivity contribution < 1.29 is 22.8 Å². The van der Waals surface area contributed by atoms with E-state index >= 15 is 0 Å². The molecule has 1 atom stereocenters. The maximum absolute atomic E-state index is 12.9. The number of carbonyl (C=O) groups excluding carboxylic acids is 2. The van der Waals surface area contributed by atoms with Crippen LogP contribution < -0.4 is 10.2 Å². The largest absolute Gasteiger partial charge is 0.416 e. The third-order valence-corrected chi connectivity index (χ3v) is 5.77. The molecule has 0 bridgehead atoms. The van der Waals surface area contributed by atoms with Crippen LogP contribution in [0.25, 0.3) is 0 Å². The number of alkyl halides is 3. The highest BCUT2D eigenvalue weighted by atomic mass is 19.4. The highest BCUT2D eigenvalue weighted by Gasteiger charge is 2.36. The molecule has 2 heterocycles. The quantitative estimate of drug-likeness (QED) is 0.767. The molecular weight excluding hydrogens is 395 g/mol. The van der Waals surface area contributed by atoms with Crippen LogP contribution in [0.4, 0.5) is 24.5 Å². The van der Waals surface area contributed by atoms with Crippen LogP contribution in [0, 0.1) is 0 Å². The van der Waals surface area contributed by atoms with Crippen molar-refractivity contribution in [1.82, 2.24) is 4.90 Å². The average molecular weight is 417 g/mol. The fraction of sp³-hybridized carbons (Fsp3) is 0.364. The maximum Gasteiger partial charge on any atom is 0.416 e. The number of halogens is 3. The number of hydrogen-bond donors (Lipinski definition) is 1. The first-order chi connectivity index (χ1) is 14.3. The lowest BCUT2D eigenvalue weighted by molar-refractivity contribution is -0.137. The second-order valence-corrected chi connectivity index (χ2v) is 7.70. The third-order valence-electron chi connectivity index (χ3n) is 5.77. The summed E-state index contributed by atoms with van der Waals surface area (Å²) in [7, 11) is 1.92. The van der Waals surface area contributed by atoms with Crippen molar-refractivity contribution in [3.8, 4) is 0 Å². The molecule has 0 aromatic heterocycles. The summed E-state index contributed by atoms with van der Waals surface area (Å²) in [4.78, 5) is 29.5. The zero-order valence-electron chi connectivity index (χ0n) is 16.5. The van der Waals surface area contributed by atoms with Gasteiger partial charge in [0.1, 0.15) is 6.17 Å². The lowest BCUT2D eigenvalue weighted by Crippen LogP contribution is -2.53. The predicted molar refractivity (Wildman–Crippen MR) is 108 cm³/mol. The van der Waals surface area contributed by atoms with Crippen molar-refractivity contribution in [2.45, 2.75) is 38.0 Å². The number of benzene rings is 2. The van der Waals surface area contributed by atoms with Gasteiger partial charge < -0.3 is 15.1 Å². The summed E-state index contributed by atoms with van der Waals surface area (Å²) in [6, 6.07) is 9.19. The summed E-state index contributed by atoms with van der Waals surface area (Å²) in [6.07, 6.45) is -0.457. The normalized spacial score (nSPS) is 19.1. The second-order valence-electron chi connectivity index (χ2n) is 7.70. The lowest BCUT2D eigenvalue weighted by Gasteiger charge is -2.43. The Morgan fingerprint density at radius 2 is 1.80 bits per heavy atom. The summed E-state index contributed by atoms with van der Waals surface area (Å²) in [5, 5.41) is 2.62. The Bertz CT molecular complexity index is 973. The Labute approximate surface area is 172 Å². The molecule has 158 valence electrons. The van der Waals surface area contributed by atoms with Crippen molar-refractivity contribution >= 4 is 23.2 Å². The van der Waals surface area contributed by atoms with Gasteiger partial charge in [-0.2, -0.15) is 13.2 Å². The van der Waals surface area contributed by atoms with E-state index in [0.29, 0.717) is 16.8 Å². The summed E-state index contributed by atoms with van der Waals surface area (Å²) < 4.78 is 38.1. The van der Waals surface area contributed by atoms with Gasteiger partial charge in [0, 0.05) is 24.8 Å². The number of carbonyl (C=O) groups is 2. The van der Waals surface area contributed by atoms with Crippen LogP contribution in [0.3, 0.4) is 0 Å². The minimum Gasteiger partial charge on any atom is -0.354 e. The van der Waals surface area contributed by atoms with E-state index in [2.05, 4.69) is 5.32 Å². The van der Waals surface area contributed by atoms with Gasteiger partial charge in [-0.05, 0) is 61.7 Å². The van der Waals surface area contributed by atoms with Gasteiger partial charge >= 0.3 is 6.18 Å². The molecule has 0 radical (unpaired) electrons. The zero-order valence-corrected chi connectivity index (χ0v) is 16.5. The first-order valence-corrected chi connectivity index (χ1v) is 9.92. The SMILES string of the molecule is CN1c2cc(C(=O)Nc3ccc(C(F)(F)F)cc3)ccc2C(=O)N2CCCCC[C@@H]21. The average Bonchev–Trinajstić information content (AvgIpc) is 2.98. The molecule has 1 fully saturated rings. The van der Waals surface area contributed by atoms with Gasteiger partial charge in [-0.25, -0.2) is 0 Å². The van der Waals surface area contributed by atoms with E-state index < -0.39 is 17.6 Å². The summed E-state index contributed by atoms with van der Waals surface area (Å²) >= 11 is 0. The number of fused-ring (bicyclic) bond motifs is 2. The van der Waals surface area contributed by atoms with Crippen LogP contribution in [0.2, 0.25) is 0 Å². The molecule has 0 unspecified atom stereocenters. The van der Waals surface area contributed by atoms with E-state index in [4.69, 9.17) is 0 Å². The van der Waals surface area contributed by atoms with Gasteiger partial charge in [-0.15, -0.1) is 0 Å². The number of nitrogens with one attached hydrogen (secondary N) is 1. The number of rotatable bonds is 2. The van der Waals surface area contributed by atoms with Crippen LogP contribution in [0.1, 0.15) is 52.0 Å². The molecule has 2 aromatic carbocycles. The molecule has 2 aliphatic heterocycles. The minimum absolute atomic E-state index is 0.0234. The van der Waals surface area contributed by atoms with Gasteiger partial charge in [-0.1, -0.05) is 6.42 Å². The monoisotopic (exact) mass is 417 g/mol. The molecule has 0 spiro atoms. The molecule has 8 heteroatoms. The van der Waals surface area contributed by atoms with Crippen LogP contribution in [-0.2, 0) is 6.18 Å². The molecule has 30 heavy (non-hydrogen) atoms. The summed E-state index contributed by atoms with van der Waals surface area (Å²) in [5.41, 5.74) is 1.09. The molecule has 0 aliphatic carbocycles. The van der Waals surface area contributed by atoms with E-state index in [9.17, 15) is 22.8 Å². The molecule has 4 rings (SSSR count). The first kappa shape index (κ1) is 20.3. The fourth-order valence-corrected chi connectivity index (χ4v) is 4.14. The van der Waals surface area contributed by atoms with E-state index in [1.807, 2.05) is 16.8 Å². The lowest BCUT2D eigenvalue weighted by atomic mass is 10.0. The van der Waals surface area contributed by atoms with Crippen LogP contribution in [0.5, 0.6) is 0 Å². The van der Waals surface area contributed by atoms with Crippen molar-refractivity contribution in [3.05, 3.63) is 59.2 Å². The Morgan fingerprint density at radius 1 is 1.07 bits per heavy atom. The topological polar surface area (TPSA) is 52.7 Å². The second kappa shape index (κ2) is 7.66. The molecule has 1 N–H and O–H groups in total. The van der Waals surface area contributed by atoms with Gasteiger partial charge in [0.2, 0.25) is 0 Å². The standard InChI is InChI=1S/C22H22F3N3O2/c1-27-18-13-14(20(29)26-16-9-7-15(8-10-16)22(23,24)25)6-11-17(18)21(30)28-12-4-2-3-5-19(27)28/h6-11,13,19H,2-5,12H2,1H3,(H,26,29)/t19-/m1/s1. The molecule has 2 aromatic rings. The molecule has 2 aliphatic rings. The van der Waals surface area contributed by atoms with Gasteiger partial charge in [0.05, 0.1) is 16.8 Å². The minimum atomic E-state index is -4.43. The van der Waals surface area contributed by atoms with E-state index in [0.717, 1.165) is 44.4 Å². The third kappa shape index (κ3) is 3.74. The summed E-state index contributed by atoms with van der Waals surface area (Å²) in [5.74, 6) is -0.466. The van der Waals surface area contributed by atoms with Gasteiger partial charge in [0.25, 0.3) is 11.8 Å². The van der Waals surface area contributed by atoms with Crippen molar-refractivity contribution in [2.24, 2.45) is 0 Å². The van der Waals surface area contributed by atoms with E-state index in [-0.39, 0.29) is 17.8 Å². The fourth-order valence-electron chi connectivity index (χ4n) is 4.14. The highest BCUT2D eigenvalue weighted by molar-refractivity contribution is 6.08. The number of nitrogens with zero attached hydrogens (tertiary/aromatic N) is 2. The molecule has 1 saturated heterocycles. The van der Waals surface area contributed by atoms with Crippen LogP contribution in [0.15, 0.2) is 42.5 Å². The maximum atomic E-state index is 12.9. The first-order valence-electron chi connectivity index (χ1n) is 9.92. The molecule has 5 nitrogen and oxygen atoms in total. The number of hydrogen-bond acceptors (Lipinski definition) is 3. The number of amides is 2. The zero-order chi connectivity index (χ0) is 21.5. The van der Waals surface area contributed by atoms with Crippen LogP contribution >= 0.6 is 0 Å². The smallest absolute Gasteiger partial charge is 0.354 e. The molecular formula is C22H22F3N3O2. The Balaban J connectivity index is 1.57. The molecule has 0 saturated carbocycles. The van der Waals surface area contributed by atoms with Crippen molar-refractivity contribution in [3.63, 3.8) is 0 Å². The van der Waals surface area contributed by atoms with Gasteiger partial charge in [-0.3, -0.25) is 9.59 Å². The Kier molecular flexibility index (Phi) is 5.17. The van der Waals surface area contributed by atoms with Crippen molar-refractivity contribution in [1.29, 1.82) is 0 Å². The van der Waals surface area contributed by atoms with Crippen molar-refractivity contribution in [2.75, 3.05) is 23.8 Å². The van der Waals surface area contributed by atoms with Crippen LogP contribution in [-0.4, -0.2) is 36.5 Å². The number of anilines is 2. The van der Waals surface area contributed by atoms with E-state index in [1.165, 1.54) is 12.1 Å². The van der Waals surface area contributed by atoms with E-state index in [1.54, 1.807) is 18.2 Å². The predicted octanol–water partition coefficient (Wildman–Crippen LogP) is 4.75. The summed E-state index contributed by atoms with van der Waals surface area (Å²) in [6.45, 7) is 0.726. The van der Waals surface area contributed by atoms with Gasteiger partial charge in [0.15, 0.2) is 0 Å². The Hall–Kier alpha value is -3.03. The highest BCUT2D eigenvalue weighted by Crippen LogP contribution is 2.35. The molecule has 2 amide bonds. The Morgan fingerprint density at radius 3 is 2.50 bits per heavy atom.